The molecule has 1 aliphatic heterocycles. The SMILES string of the molecule is COCC(C)CN1CC(=O)NC(c2ccccc2)C1=O. The summed E-state index contributed by atoms with van der Waals surface area (Å²) in [6.07, 6.45) is 0. The maximum Gasteiger partial charge on any atom is 0.250 e. The Morgan fingerprint density at radius 3 is 2.70 bits per heavy atom. The lowest BCUT2D eigenvalue weighted by molar-refractivity contribution is -0.145. The lowest BCUT2D eigenvalue weighted by Gasteiger charge is -2.34. The molecule has 1 aromatic rings. The van der Waals surface area contributed by atoms with Crippen LogP contribution < -0.4 is 5.32 Å². The first kappa shape index (κ1) is 14.5. The standard InChI is InChI=1S/C15H20N2O3/c1-11(10-20-2)8-17-9-13(18)16-14(15(17)19)12-6-4-3-5-7-12/h3-7,11,14H,8-10H2,1-2H3,(H,16,18). The molecule has 1 heterocycles. The molecule has 1 fully saturated rings. The summed E-state index contributed by atoms with van der Waals surface area (Å²) in [5.41, 5.74) is 0.815. The quantitative estimate of drug-likeness (QED) is 0.871. The number of nitrogens with zero attached hydrogens (tertiary/aromatic N) is 1. The number of carbonyl (C=O) groups excluding carboxylic acids is 2. The number of piperazine rings is 1. The second-order valence-electron chi connectivity index (χ2n) is 5.19. The van der Waals surface area contributed by atoms with Crippen molar-refractivity contribution >= 4 is 11.8 Å². The van der Waals surface area contributed by atoms with Crippen molar-refractivity contribution in [2.75, 3.05) is 26.8 Å². The van der Waals surface area contributed by atoms with Crippen LogP contribution in [0.5, 0.6) is 0 Å². The molecule has 2 unspecified atom stereocenters. The van der Waals surface area contributed by atoms with E-state index in [9.17, 15) is 9.59 Å². The van der Waals surface area contributed by atoms with E-state index in [0.717, 1.165) is 5.56 Å². The molecular formula is C15H20N2O3. The van der Waals surface area contributed by atoms with Crippen LogP contribution in [0.2, 0.25) is 0 Å². The number of amides is 2. The zero-order valence-electron chi connectivity index (χ0n) is 11.8. The minimum Gasteiger partial charge on any atom is -0.384 e. The fourth-order valence-corrected chi connectivity index (χ4v) is 2.44. The van der Waals surface area contributed by atoms with Crippen molar-refractivity contribution in [1.29, 1.82) is 0 Å². The minimum absolute atomic E-state index is 0.0567. The molecule has 2 atom stereocenters. The normalized spacial score (nSPS) is 20.7. The second kappa shape index (κ2) is 6.52. The molecule has 0 radical (unpaired) electrons. The van der Waals surface area contributed by atoms with Gasteiger partial charge in [-0.05, 0) is 11.5 Å². The van der Waals surface area contributed by atoms with E-state index in [0.29, 0.717) is 13.2 Å². The molecule has 1 saturated heterocycles. The number of hydrogen-bond donors (Lipinski definition) is 1. The van der Waals surface area contributed by atoms with Crippen LogP contribution in [0, 0.1) is 5.92 Å². The van der Waals surface area contributed by atoms with Gasteiger partial charge in [-0.15, -0.1) is 0 Å². The molecular weight excluding hydrogens is 256 g/mol. The van der Waals surface area contributed by atoms with Gasteiger partial charge in [0.25, 0.3) is 0 Å². The van der Waals surface area contributed by atoms with Gasteiger partial charge in [0.05, 0.1) is 13.2 Å². The maximum absolute atomic E-state index is 12.5. The molecule has 5 nitrogen and oxygen atoms in total. The van der Waals surface area contributed by atoms with Crippen LogP contribution >= 0.6 is 0 Å². The maximum atomic E-state index is 12.5. The number of ether oxygens (including phenoxy) is 1. The van der Waals surface area contributed by atoms with Crippen molar-refractivity contribution in [3.63, 3.8) is 0 Å². The Morgan fingerprint density at radius 2 is 2.05 bits per heavy atom. The summed E-state index contributed by atoms with van der Waals surface area (Å²) in [6.45, 7) is 3.22. The molecule has 0 aliphatic carbocycles. The Hall–Kier alpha value is -1.88. The first-order valence-electron chi connectivity index (χ1n) is 6.74. The molecule has 1 aliphatic rings. The van der Waals surface area contributed by atoms with E-state index in [2.05, 4.69) is 5.32 Å². The number of nitrogens with one attached hydrogen (secondary N) is 1. The average molecular weight is 276 g/mol. The minimum atomic E-state index is -0.577. The fraction of sp³-hybridized carbons (Fsp3) is 0.467. The van der Waals surface area contributed by atoms with Crippen molar-refractivity contribution < 1.29 is 14.3 Å². The Morgan fingerprint density at radius 1 is 1.35 bits per heavy atom. The Balaban J connectivity index is 2.11. The molecule has 0 bridgehead atoms. The van der Waals surface area contributed by atoms with Gasteiger partial charge in [0, 0.05) is 13.7 Å². The zero-order chi connectivity index (χ0) is 14.5. The molecule has 20 heavy (non-hydrogen) atoms. The van der Waals surface area contributed by atoms with Gasteiger partial charge in [-0.2, -0.15) is 0 Å². The van der Waals surface area contributed by atoms with Crippen LogP contribution in [-0.2, 0) is 14.3 Å². The fourth-order valence-electron chi connectivity index (χ4n) is 2.44. The third-order valence-electron chi connectivity index (χ3n) is 3.31. The molecule has 0 saturated carbocycles. The second-order valence-corrected chi connectivity index (χ2v) is 5.19. The van der Waals surface area contributed by atoms with Crippen LogP contribution in [0.25, 0.3) is 0 Å². The highest BCUT2D eigenvalue weighted by Crippen LogP contribution is 2.19. The van der Waals surface area contributed by atoms with Gasteiger partial charge in [0.2, 0.25) is 11.8 Å². The van der Waals surface area contributed by atoms with Crippen LogP contribution in [0.1, 0.15) is 18.5 Å². The number of benzene rings is 1. The van der Waals surface area contributed by atoms with E-state index in [-0.39, 0.29) is 24.3 Å². The van der Waals surface area contributed by atoms with E-state index in [1.165, 1.54) is 0 Å². The van der Waals surface area contributed by atoms with Crippen molar-refractivity contribution in [1.82, 2.24) is 10.2 Å². The van der Waals surface area contributed by atoms with Crippen LogP contribution in [0.4, 0.5) is 0 Å². The van der Waals surface area contributed by atoms with Crippen molar-refractivity contribution in [3.05, 3.63) is 35.9 Å². The van der Waals surface area contributed by atoms with Gasteiger partial charge in [-0.1, -0.05) is 37.3 Å². The first-order valence-corrected chi connectivity index (χ1v) is 6.74. The summed E-state index contributed by atoms with van der Waals surface area (Å²) >= 11 is 0. The number of carbonyl (C=O) groups is 2. The summed E-state index contributed by atoms with van der Waals surface area (Å²) in [6, 6.07) is 8.74. The molecule has 1 N–H and O–H groups in total. The summed E-state index contributed by atoms with van der Waals surface area (Å²) in [4.78, 5) is 25.9. The van der Waals surface area contributed by atoms with Gasteiger partial charge < -0.3 is 15.0 Å². The first-order chi connectivity index (χ1) is 9.61. The van der Waals surface area contributed by atoms with Crippen molar-refractivity contribution in [3.8, 4) is 0 Å². The predicted octanol–water partition coefficient (Wildman–Crippen LogP) is 0.969. The summed E-state index contributed by atoms with van der Waals surface area (Å²) in [5, 5.41) is 2.76. The average Bonchev–Trinajstić information content (AvgIpc) is 2.43. The highest BCUT2D eigenvalue weighted by molar-refractivity contribution is 5.95. The topological polar surface area (TPSA) is 58.6 Å². The Kier molecular flexibility index (Phi) is 4.74. The number of methoxy groups -OCH3 is 1. The smallest absolute Gasteiger partial charge is 0.250 e. The highest BCUT2D eigenvalue weighted by Gasteiger charge is 2.33. The molecule has 1 aromatic carbocycles. The molecule has 0 spiro atoms. The summed E-state index contributed by atoms with van der Waals surface area (Å²) < 4.78 is 5.08. The molecule has 0 aromatic heterocycles. The monoisotopic (exact) mass is 276 g/mol. The van der Waals surface area contributed by atoms with E-state index in [1.807, 2.05) is 37.3 Å². The van der Waals surface area contributed by atoms with Crippen LogP contribution in [-0.4, -0.2) is 43.5 Å². The van der Waals surface area contributed by atoms with Crippen LogP contribution in [0.15, 0.2) is 30.3 Å². The third-order valence-corrected chi connectivity index (χ3v) is 3.31. The zero-order valence-corrected chi connectivity index (χ0v) is 11.8. The molecule has 5 heteroatoms. The van der Waals surface area contributed by atoms with Crippen molar-refractivity contribution in [2.45, 2.75) is 13.0 Å². The summed E-state index contributed by atoms with van der Waals surface area (Å²) in [5.74, 6) is 0.0214. The number of hydrogen-bond acceptors (Lipinski definition) is 3. The Labute approximate surface area is 118 Å². The van der Waals surface area contributed by atoms with E-state index in [4.69, 9.17) is 4.74 Å². The Bertz CT molecular complexity index is 475. The van der Waals surface area contributed by atoms with Gasteiger partial charge in [0.15, 0.2) is 0 Å². The van der Waals surface area contributed by atoms with Gasteiger partial charge in [-0.3, -0.25) is 9.59 Å². The summed E-state index contributed by atoms with van der Waals surface area (Å²) in [7, 11) is 1.63. The van der Waals surface area contributed by atoms with Crippen molar-refractivity contribution in [2.24, 2.45) is 5.92 Å². The predicted molar refractivity (Wildman–Crippen MR) is 74.9 cm³/mol. The molecule has 2 amide bonds. The van der Waals surface area contributed by atoms with Gasteiger partial charge >= 0.3 is 0 Å². The molecule has 2 rings (SSSR count). The van der Waals surface area contributed by atoms with E-state index in [1.54, 1.807) is 12.0 Å². The van der Waals surface area contributed by atoms with E-state index < -0.39 is 6.04 Å². The highest BCUT2D eigenvalue weighted by atomic mass is 16.5. The number of rotatable bonds is 5. The molecule has 108 valence electrons. The van der Waals surface area contributed by atoms with E-state index >= 15 is 0 Å². The van der Waals surface area contributed by atoms with Gasteiger partial charge in [-0.25, -0.2) is 0 Å². The lowest BCUT2D eigenvalue weighted by Crippen LogP contribution is -2.54. The van der Waals surface area contributed by atoms with Crippen LogP contribution in [0.3, 0.4) is 0 Å². The lowest BCUT2D eigenvalue weighted by atomic mass is 10.0. The third kappa shape index (κ3) is 3.36. The largest absolute Gasteiger partial charge is 0.384 e. The van der Waals surface area contributed by atoms with Gasteiger partial charge in [0.1, 0.15) is 6.04 Å².